The Morgan fingerprint density at radius 1 is 1.45 bits per heavy atom. The number of rotatable bonds is 3. The van der Waals surface area contributed by atoms with Crippen molar-refractivity contribution in [1.29, 1.82) is 0 Å². The lowest BCUT2D eigenvalue weighted by atomic mass is 10.1. The average Bonchev–Trinajstić information content (AvgIpc) is 2.65. The first-order valence-electron chi connectivity index (χ1n) is 5.55. The predicted molar refractivity (Wildman–Crippen MR) is 74.5 cm³/mol. The number of nitrogens with zero attached hydrogens (tertiary/aromatic N) is 1. The largest absolute Gasteiger partial charge is 0.309 e. The summed E-state index contributed by atoms with van der Waals surface area (Å²) in [5.74, 6) is -2.69. The zero-order chi connectivity index (χ0) is 15.1. The molecule has 1 saturated heterocycles. The number of hydrogen-bond donors (Lipinski definition) is 0. The molecule has 0 radical (unpaired) electrons. The molecule has 110 valence electrons. The summed E-state index contributed by atoms with van der Waals surface area (Å²) < 4.78 is 48.2. The molecular formula is C11H9BrClF2NO3S. The van der Waals surface area contributed by atoms with Crippen LogP contribution in [0.3, 0.4) is 0 Å². The van der Waals surface area contributed by atoms with Gasteiger partial charge < -0.3 is 4.90 Å². The maximum Gasteiger partial charge on any atom is 0.302 e. The Bertz CT molecular complexity index is 668. The van der Waals surface area contributed by atoms with Crippen molar-refractivity contribution in [1.82, 2.24) is 0 Å². The van der Waals surface area contributed by atoms with Gasteiger partial charge in [-0.3, -0.25) is 4.79 Å². The average molecular weight is 389 g/mol. The molecule has 1 aliphatic heterocycles. The maximum atomic E-state index is 14.0. The van der Waals surface area contributed by atoms with Gasteiger partial charge in [0.25, 0.3) is 0 Å². The van der Waals surface area contributed by atoms with E-state index in [0.29, 0.717) is 4.47 Å². The van der Waals surface area contributed by atoms with Crippen LogP contribution in [0.2, 0.25) is 5.02 Å². The second-order valence-corrected chi connectivity index (χ2v) is 7.12. The van der Waals surface area contributed by atoms with Gasteiger partial charge in [0.15, 0.2) is 5.82 Å². The van der Waals surface area contributed by atoms with Gasteiger partial charge in [-0.2, -0.15) is 8.42 Å². The number of halogens is 4. The van der Waals surface area contributed by atoms with E-state index in [9.17, 15) is 21.5 Å². The van der Waals surface area contributed by atoms with Gasteiger partial charge in [-0.25, -0.2) is 4.39 Å². The van der Waals surface area contributed by atoms with Crippen molar-refractivity contribution >= 4 is 49.3 Å². The highest BCUT2D eigenvalue weighted by Crippen LogP contribution is 2.35. The molecule has 1 unspecified atom stereocenters. The zero-order valence-corrected chi connectivity index (χ0v) is 13.1. The van der Waals surface area contributed by atoms with Gasteiger partial charge in [0.2, 0.25) is 5.91 Å². The summed E-state index contributed by atoms with van der Waals surface area (Å²) in [5.41, 5.74) is -0.0399. The SMILES string of the molecule is O=C1CC(CS(=O)(=O)F)CN1c1ccc(Br)c(Cl)c1F. The number of carbonyl (C=O) groups excluding carboxylic acids is 1. The van der Waals surface area contributed by atoms with Crippen molar-refractivity contribution in [2.24, 2.45) is 5.92 Å². The molecule has 0 spiro atoms. The number of benzene rings is 1. The van der Waals surface area contributed by atoms with E-state index in [1.807, 2.05) is 0 Å². The highest BCUT2D eigenvalue weighted by Gasteiger charge is 2.35. The third kappa shape index (κ3) is 3.29. The second kappa shape index (κ2) is 5.57. The van der Waals surface area contributed by atoms with Crippen LogP contribution >= 0.6 is 27.5 Å². The molecule has 4 nitrogen and oxygen atoms in total. The minimum absolute atomic E-state index is 0.0399. The topological polar surface area (TPSA) is 54.5 Å². The molecule has 0 N–H and O–H groups in total. The van der Waals surface area contributed by atoms with E-state index in [4.69, 9.17) is 11.6 Å². The summed E-state index contributed by atoms with van der Waals surface area (Å²) in [6, 6.07) is 2.84. The molecule has 1 heterocycles. The van der Waals surface area contributed by atoms with E-state index in [1.54, 1.807) is 0 Å². The first kappa shape index (κ1) is 15.7. The van der Waals surface area contributed by atoms with E-state index in [1.165, 1.54) is 12.1 Å². The molecule has 2 rings (SSSR count). The molecule has 0 saturated carbocycles. The van der Waals surface area contributed by atoms with Crippen LogP contribution in [0.5, 0.6) is 0 Å². The lowest BCUT2D eigenvalue weighted by molar-refractivity contribution is -0.117. The summed E-state index contributed by atoms with van der Waals surface area (Å²) in [5, 5.41) is -0.170. The Morgan fingerprint density at radius 2 is 2.10 bits per heavy atom. The van der Waals surface area contributed by atoms with Crippen LogP contribution in [0.15, 0.2) is 16.6 Å². The minimum Gasteiger partial charge on any atom is -0.309 e. The monoisotopic (exact) mass is 387 g/mol. The van der Waals surface area contributed by atoms with Gasteiger partial charge in [0, 0.05) is 23.4 Å². The van der Waals surface area contributed by atoms with E-state index >= 15 is 0 Å². The van der Waals surface area contributed by atoms with Crippen molar-refractivity contribution in [3.05, 3.63) is 27.4 Å². The number of anilines is 1. The lowest BCUT2D eigenvalue weighted by Gasteiger charge is -2.18. The van der Waals surface area contributed by atoms with E-state index in [2.05, 4.69) is 15.9 Å². The van der Waals surface area contributed by atoms with Crippen LogP contribution in [-0.2, 0) is 15.0 Å². The van der Waals surface area contributed by atoms with Gasteiger partial charge >= 0.3 is 10.2 Å². The smallest absolute Gasteiger partial charge is 0.302 e. The normalized spacial score (nSPS) is 19.7. The molecule has 0 bridgehead atoms. The second-order valence-electron chi connectivity index (χ2n) is 4.47. The molecule has 1 aliphatic rings. The Labute approximate surface area is 128 Å². The van der Waals surface area contributed by atoms with Gasteiger partial charge in [-0.1, -0.05) is 11.6 Å². The fourth-order valence-corrected chi connectivity index (χ4v) is 3.38. The third-order valence-electron chi connectivity index (χ3n) is 2.95. The van der Waals surface area contributed by atoms with Crippen molar-refractivity contribution < 1.29 is 21.5 Å². The van der Waals surface area contributed by atoms with Gasteiger partial charge in [-0.15, -0.1) is 3.89 Å². The third-order valence-corrected chi connectivity index (χ3v) is 5.07. The summed E-state index contributed by atoms with van der Waals surface area (Å²) in [7, 11) is -4.67. The van der Waals surface area contributed by atoms with Crippen LogP contribution in [0.4, 0.5) is 14.0 Å². The molecule has 1 atom stereocenters. The molecule has 0 aliphatic carbocycles. The number of hydrogen-bond acceptors (Lipinski definition) is 3. The Morgan fingerprint density at radius 3 is 2.70 bits per heavy atom. The Balaban J connectivity index is 2.27. The Hall–Kier alpha value is -0.730. The molecule has 0 aromatic heterocycles. The van der Waals surface area contributed by atoms with Gasteiger partial charge in [-0.05, 0) is 28.1 Å². The fourth-order valence-electron chi connectivity index (χ4n) is 2.13. The predicted octanol–water partition coefficient (Wildman–Crippen LogP) is 2.89. The van der Waals surface area contributed by atoms with Crippen molar-refractivity contribution in [3.8, 4) is 0 Å². The van der Waals surface area contributed by atoms with E-state index in [0.717, 1.165) is 4.90 Å². The summed E-state index contributed by atoms with van der Waals surface area (Å²) in [6.45, 7) is -0.0587. The summed E-state index contributed by atoms with van der Waals surface area (Å²) in [6.07, 6.45) is -0.143. The van der Waals surface area contributed by atoms with Crippen LogP contribution in [0, 0.1) is 11.7 Å². The van der Waals surface area contributed by atoms with Crippen LogP contribution < -0.4 is 4.90 Å². The van der Waals surface area contributed by atoms with Crippen LogP contribution in [0.1, 0.15) is 6.42 Å². The maximum absolute atomic E-state index is 14.0. The lowest BCUT2D eigenvalue weighted by Crippen LogP contribution is -2.26. The molecule has 1 fully saturated rings. The standard InChI is InChI=1S/C11H9BrClF2NO3S/c12-7-1-2-8(11(14)10(7)13)16-4-6(3-9(16)17)5-20(15,18)19/h1-2,6H,3-5H2. The first-order valence-corrected chi connectivity index (χ1v) is 8.27. The van der Waals surface area contributed by atoms with Crippen molar-refractivity contribution in [3.63, 3.8) is 0 Å². The quantitative estimate of drug-likeness (QED) is 0.591. The number of carbonyl (C=O) groups is 1. The van der Waals surface area contributed by atoms with Gasteiger partial charge in [0.1, 0.15) is 0 Å². The van der Waals surface area contributed by atoms with Crippen LogP contribution in [0.25, 0.3) is 0 Å². The summed E-state index contributed by atoms with van der Waals surface area (Å²) >= 11 is 8.79. The van der Waals surface area contributed by atoms with Crippen LogP contribution in [-0.4, -0.2) is 26.6 Å². The molecule has 9 heteroatoms. The molecule has 20 heavy (non-hydrogen) atoms. The molecule has 1 aromatic rings. The highest BCUT2D eigenvalue weighted by molar-refractivity contribution is 9.10. The number of amides is 1. The summed E-state index contributed by atoms with van der Waals surface area (Å²) in [4.78, 5) is 12.9. The molecule has 1 aromatic carbocycles. The molecule has 1 amide bonds. The van der Waals surface area contributed by atoms with E-state index in [-0.39, 0.29) is 23.7 Å². The first-order chi connectivity index (χ1) is 9.19. The fraction of sp³-hybridized carbons (Fsp3) is 0.364. The van der Waals surface area contributed by atoms with Crippen molar-refractivity contribution in [2.45, 2.75) is 6.42 Å². The van der Waals surface area contributed by atoms with Gasteiger partial charge in [0.05, 0.1) is 16.5 Å². The highest BCUT2D eigenvalue weighted by atomic mass is 79.9. The Kier molecular flexibility index (Phi) is 4.36. The molecular weight excluding hydrogens is 380 g/mol. The van der Waals surface area contributed by atoms with E-state index < -0.39 is 33.6 Å². The van der Waals surface area contributed by atoms with Crippen molar-refractivity contribution in [2.75, 3.05) is 17.2 Å². The zero-order valence-electron chi connectivity index (χ0n) is 9.95. The minimum atomic E-state index is -4.67.